The fraction of sp³-hybridized carbons (Fsp3) is 0.588. The Balaban J connectivity index is 2.62. The Kier molecular flexibility index (Phi) is 7.23. The third-order valence-corrected chi connectivity index (χ3v) is 3.01. The number of nitrogens with one attached hydrogen (secondary N) is 1. The van der Waals surface area contributed by atoms with Gasteiger partial charge in [-0.15, -0.1) is 0 Å². The van der Waals surface area contributed by atoms with Crippen LogP contribution in [0, 0.1) is 5.92 Å². The molecule has 0 aliphatic rings. The summed E-state index contributed by atoms with van der Waals surface area (Å²) in [6.45, 7) is 9.04. The first kappa shape index (κ1) is 17.5. The molecular weight excluding hydrogens is 266 g/mol. The van der Waals surface area contributed by atoms with E-state index in [0.29, 0.717) is 12.3 Å². The van der Waals surface area contributed by atoms with E-state index in [4.69, 9.17) is 9.84 Å². The van der Waals surface area contributed by atoms with Crippen molar-refractivity contribution in [3.8, 4) is 5.75 Å². The molecule has 0 saturated carbocycles. The minimum Gasteiger partial charge on any atom is -0.491 e. The minimum atomic E-state index is -0.768. The third-order valence-electron chi connectivity index (χ3n) is 3.01. The molecule has 0 heterocycles. The summed E-state index contributed by atoms with van der Waals surface area (Å²) in [5.41, 5.74) is 1.12. The molecule has 2 N–H and O–H groups in total. The van der Waals surface area contributed by atoms with Gasteiger partial charge in [0.1, 0.15) is 5.75 Å². The number of carboxylic acid groups (broad SMARTS) is 1. The zero-order chi connectivity index (χ0) is 15.8. The smallest absolute Gasteiger partial charge is 0.304 e. The van der Waals surface area contributed by atoms with Crippen molar-refractivity contribution in [3.05, 3.63) is 29.8 Å². The Labute approximate surface area is 127 Å². The number of rotatable bonds is 9. The Morgan fingerprint density at radius 3 is 2.29 bits per heavy atom. The number of hydrogen-bond donors (Lipinski definition) is 2. The van der Waals surface area contributed by atoms with Crippen LogP contribution in [0.2, 0.25) is 0 Å². The highest BCUT2D eigenvalue weighted by atomic mass is 16.5. The Bertz CT molecular complexity index is 426. The summed E-state index contributed by atoms with van der Waals surface area (Å²) in [7, 11) is 0. The first-order chi connectivity index (χ1) is 9.86. The van der Waals surface area contributed by atoms with E-state index < -0.39 is 5.97 Å². The summed E-state index contributed by atoms with van der Waals surface area (Å²) in [5, 5.41) is 12.3. The molecule has 1 atom stereocenters. The fourth-order valence-electron chi connectivity index (χ4n) is 2.09. The van der Waals surface area contributed by atoms with Crippen molar-refractivity contribution in [2.45, 2.75) is 52.7 Å². The molecule has 0 aliphatic heterocycles. The highest BCUT2D eigenvalue weighted by Gasteiger charge is 2.14. The van der Waals surface area contributed by atoms with E-state index in [1.54, 1.807) is 0 Å². The lowest BCUT2D eigenvalue weighted by Crippen LogP contribution is -2.35. The lowest BCUT2D eigenvalue weighted by atomic mass is 10.0. The molecule has 1 aromatic carbocycles. The van der Waals surface area contributed by atoms with Gasteiger partial charge in [-0.1, -0.05) is 26.0 Å². The van der Waals surface area contributed by atoms with Gasteiger partial charge in [0, 0.05) is 6.04 Å². The van der Waals surface area contributed by atoms with E-state index >= 15 is 0 Å². The van der Waals surface area contributed by atoms with E-state index in [9.17, 15) is 4.79 Å². The Hall–Kier alpha value is -1.55. The minimum absolute atomic E-state index is 0.0400. The Morgan fingerprint density at radius 1 is 1.19 bits per heavy atom. The predicted molar refractivity (Wildman–Crippen MR) is 84.8 cm³/mol. The summed E-state index contributed by atoms with van der Waals surface area (Å²) in [4.78, 5) is 11.0. The van der Waals surface area contributed by atoms with Gasteiger partial charge < -0.3 is 15.2 Å². The molecule has 1 unspecified atom stereocenters. The number of aliphatic carboxylic acids is 1. The van der Waals surface area contributed by atoms with E-state index in [-0.39, 0.29) is 18.6 Å². The molecule has 0 amide bonds. The summed E-state index contributed by atoms with van der Waals surface area (Å²) >= 11 is 0. The monoisotopic (exact) mass is 293 g/mol. The normalized spacial score (nSPS) is 12.7. The van der Waals surface area contributed by atoms with Crippen LogP contribution in [0.1, 0.15) is 39.7 Å². The van der Waals surface area contributed by atoms with Gasteiger partial charge in [-0.05, 0) is 50.4 Å². The highest BCUT2D eigenvalue weighted by molar-refractivity contribution is 5.67. The van der Waals surface area contributed by atoms with Crippen molar-refractivity contribution in [1.82, 2.24) is 5.32 Å². The van der Waals surface area contributed by atoms with Gasteiger partial charge in [0.15, 0.2) is 0 Å². The molecule has 0 saturated heterocycles. The molecule has 21 heavy (non-hydrogen) atoms. The van der Waals surface area contributed by atoms with Crippen LogP contribution in [0.15, 0.2) is 24.3 Å². The van der Waals surface area contributed by atoms with E-state index in [1.165, 1.54) is 0 Å². The molecule has 4 heteroatoms. The Morgan fingerprint density at radius 2 is 1.81 bits per heavy atom. The van der Waals surface area contributed by atoms with Crippen LogP contribution in [0.4, 0.5) is 0 Å². The summed E-state index contributed by atoms with van der Waals surface area (Å²) in [6.07, 6.45) is 1.00. The molecule has 0 aromatic heterocycles. The SMILES string of the molecule is CC(C)CNC(CC(=O)O)Cc1ccc(OC(C)C)cc1. The van der Waals surface area contributed by atoms with Crippen LogP contribution >= 0.6 is 0 Å². The molecule has 0 radical (unpaired) electrons. The topological polar surface area (TPSA) is 58.6 Å². The van der Waals surface area contributed by atoms with E-state index in [1.807, 2.05) is 38.1 Å². The standard InChI is InChI=1S/C17H27NO3/c1-12(2)11-18-15(10-17(19)20)9-14-5-7-16(8-6-14)21-13(3)4/h5-8,12-13,15,18H,9-11H2,1-4H3,(H,19,20). The largest absolute Gasteiger partial charge is 0.491 e. The van der Waals surface area contributed by atoms with Gasteiger partial charge in [-0.2, -0.15) is 0 Å². The van der Waals surface area contributed by atoms with Crippen LogP contribution in [0.3, 0.4) is 0 Å². The number of hydrogen-bond acceptors (Lipinski definition) is 3. The first-order valence-corrected chi connectivity index (χ1v) is 7.57. The predicted octanol–water partition coefficient (Wildman–Crippen LogP) is 3.11. The van der Waals surface area contributed by atoms with Crippen LogP contribution < -0.4 is 10.1 Å². The van der Waals surface area contributed by atoms with Crippen LogP contribution in [-0.4, -0.2) is 29.8 Å². The number of carbonyl (C=O) groups is 1. The van der Waals surface area contributed by atoms with Gasteiger partial charge in [0.05, 0.1) is 12.5 Å². The van der Waals surface area contributed by atoms with Gasteiger partial charge in [0.25, 0.3) is 0 Å². The molecule has 1 rings (SSSR count). The number of carboxylic acids is 1. The van der Waals surface area contributed by atoms with Crippen molar-refractivity contribution in [3.63, 3.8) is 0 Å². The maximum Gasteiger partial charge on any atom is 0.304 e. The molecule has 0 fully saturated rings. The summed E-state index contributed by atoms with van der Waals surface area (Å²) < 4.78 is 5.61. The second kappa shape index (κ2) is 8.67. The maximum absolute atomic E-state index is 11.0. The quantitative estimate of drug-likeness (QED) is 0.734. The average molecular weight is 293 g/mol. The molecule has 1 aromatic rings. The zero-order valence-corrected chi connectivity index (χ0v) is 13.4. The molecule has 4 nitrogen and oxygen atoms in total. The van der Waals surface area contributed by atoms with Gasteiger partial charge in [-0.25, -0.2) is 0 Å². The number of ether oxygens (including phenoxy) is 1. The van der Waals surface area contributed by atoms with E-state index in [0.717, 1.165) is 17.9 Å². The molecule has 118 valence electrons. The third kappa shape index (κ3) is 7.71. The maximum atomic E-state index is 11.0. The van der Waals surface area contributed by atoms with Crippen molar-refractivity contribution < 1.29 is 14.6 Å². The second-order valence-electron chi connectivity index (χ2n) is 6.11. The van der Waals surface area contributed by atoms with Crippen molar-refractivity contribution >= 4 is 5.97 Å². The van der Waals surface area contributed by atoms with Crippen LogP contribution in [-0.2, 0) is 11.2 Å². The van der Waals surface area contributed by atoms with Crippen molar-refractivity contribution in [1.29, 1.82) is 0 Å². The zero-order valence-electron chi connectivity index (χ0n) is 13.4. The second-order valence-corrected chi connectivity index (χ2v) is 6.11. The molecular formula is C17H27NO3. The summed E-state index contributed by atoms with van der Waals surface area (Å²) in [6, 6.07) is 7.85. The average Bonchev–Trinajstić information content (AvgIpc) is 2.37. The van der Waals surface area contributed by atoms with Crippen molar-refractivity contribution in [2.75, 3.05) is 6.54 Å². The summed E-state index contributed by atoms with van der Waals surface area (Å²) in [5.74, 6) is 0.581. The number of benzene rings is 1. The van der Waals surface area contributed by atoms with Crippen LogP contribution in [0.5, 0.6) is 5.75 Å². The van der Waals surface area contributed by atoms with Crippen LogP contribution in [0.25, 0.3) is 0 Å². The fourth-order valence-corrected chi connectivity index (χ4v) is 2.09. The highest BCUT2D eigenvalue weighted by Crippen LogP contribution is 2.15. The molecule has 0 aliphatic carbocycles. The lowest BCUT2D eigenvalue weighted by molar-refractivity contribution is -0.137. The van der Waals surface area contributed by atoms with E-state index in [2.05, 4.69) is 19.2 Å². The molecule has 0 bridgehead atoms. The first-order valence-electron chi connectivity index (χ1n) is 7.57. The lowest BCUT2D eigenvalue weighted by Gasteiger charge is -2.19. The van der Waals surface area contributed by atoms with Gasteiger partial charge in [-0.3, -0.25) is 4.79 Å². The molecule has 0 spiro atoms. The van der Waals surface area contributed by atoms with Crippen molar-refractivity contribution in [2.24, 2.45) is 5.92 Å². The van der Waals surface area contributed by atoms with Gasteiger partial charge >= 0.3 is 5.97 Å². The van der Waals surface area contributed by atoms with Gasteiger partial charge in [0.2, 0.25) is 0 Å².